The zero-order chi connectivity index (χ0) is 15.9. The van der Waals surface area contributed by atoms with Gasteiger partial charge < -0.3 is 9.84 Å². The molecule has 0 aliphatic heterocycles. The standard InChI is InChI=1S/C13H10Br2Cl2O4/c1-2-13(15)11(14)5-3-6(21-4-7(18)19)9(16)10(17)8(5)12(13)20/h3,11H,2,4H2,1H3,(H,18,19). The van der Waals surface area contributed by atoms with Crippen LogP contribution in [0.3, 0.4) is 0 Å². The second kappa shape index (κ2) is 6.07. The summed E-state index contributed by atoms with van der Waals surface area (Å²) in [5.74, 6) is -1.14. The van der Waals surface area contributed by atoms with Crippen molar-refractivity contribution in [3.8, 4) is 5.75 Å². The summed E-state index contributed by atoms with van der Waals surface area (Å²) >= 11 is 19.2. The third kappa shape index (κ3) is 2.71. The minimum Gasteiger partial charge on any atom is -0.480 e. The first-order chi connectivity index (χ1) is 9.74. The number of alkyl halides is 2. The maximum Gasteiger partial charge on any atom is 0.341 e. The lowest BCUT2D eigenvalue weighted by atomic mass is 10.0. The van der Waals surface area contributed by atoms with Crippen LogP contribution in [-0.4, -0.2) is 27.8 Å². The van der Waals surface area contributed by atoms with E-state index in [0.29, 0.717) is 17.5 Å². The average Bonchev–Trinajstić information content (AvgIpc) is 2.63. The van der Waals surface area contributed by atoms with Crippen LogP contribution >= 0.6 is 55.1 Å². The quantitative estimate of drug-likeness (QED) is 0.665. The molecule has 0 amide bonds. The predicted octanol–water partition coefficient (Wildman–Crippen LogP) is 4.63. The Morgan fingerprint density at radius 2 is 2.10 bits per heavy atom. The molecule has 1 aliphatic rings. The highest BCUT2D eigenvalue weighted by molar-refractivity contribution is 9.12. The molecular weight excluding hydrogens is 451 g/mol. The Bertz CT molecular complexity index is 635. The van der Waals surface area contributed by atoms with Crippen LogP contribution in [0.1, 0.15) is 34.1 Å². The first-order valence-electron chi connectivity index (χ1n) is 5.98. The lowest BCUT2D eigenvalue weighted by molar-refractivity contribution is -0.139. The molecule has 0 saturated heterocycles. The van der Waals surface area contributed by atoms with Crippen molar-refractivity contribution in [3.05, 3.63) is 27.2 Å². The molecule has 114 valence electrons. The van der Waals surface area contributed by atoms with Crippen LogP contribution in [0.4, 0.5) is 0 Å². The zero-order valence-electron chi connectivity index (χ0n) is 10.8. The van der Waals surface area contributed by atoms with E-state index in [4.69, 9.17) is 33.0 Å². The number of hydrogen-bond donors (Lipinski definition) is 1. The van der Waals surface area contributed by atoms with E-state index < -0.39 is 16.9 Å². The number of ketones is 1. The summed E-state index contributed by atoms with van der Waals surface area (Å²) in [4.78, 5) is 22.8. The number of halogens is 4. The van der Waals surface area contributed by atoms with Crippen LogP contribution in [0.5, 0.6) is 5.75 Å². The van der Waals surface area contributed by atoms with Gasteiger partial charge in [-0.15, -0.1) is 0 Å². The molecule has 0 spiro atoms. The Balaban J connectivity index is 2.55. The summed E-state index contributed by atoms with van der Waals surface area (Å²) in [6, 6.07) is 1.56. The second-order valence-corrected chi connectivity index (χ2v) is 7.64. The van der Waals surface area contributed by atoms with Crippen LogP contribution < -0.4 is 4.74 Å². The molecule has 0 heterocycles. The molecule has 0 aromatic heterocycles. The van der Waals surface area contributed by atoms with Gasteiger partial charge in [0.05, 0.1) is 9.85 Å². The normalized spacial score (nSPS) is 24.0. The maximum absolute atomic E-state index is 12.6. The third-order valence-electron chi connectivity index (χ3n) is 3.35. The van der Waals surface area contributed by atoms with Crippen molar-refractivity contribution in [3.63, 3.8) is 0 Å². The van der Waals surface area contributed by atoms with Crippen LogP contribution in [-0.2, 0) is 4.79 Å². The maximum atomic E-state index is 12.6. The van der Waals surface area contributed by atoms with E-state index in [1.165, 1.54) is 0 Å². The largest absolute Gasteiger partial charge is 0.480 e. The third-order valence-corrected chi connectivity index (χ3v) is 7.47. The molecule has 8 heteroatoms. The molecule has 0 saturated carbocycles. The minimum absolute atomic E-state index is 0.0394. The van der Waals surface area contributed by atoms with E-state index in [2.05, 4.69) is 31.9 Å². The van der Waals surface area contributed by atoms with Crippen LogP contribution in [0, 0.1) is 0 Å². The fourth-order valence-corrected chi connectivity index (χ4v) is 4.04. The predicted molar refractivity (Wildman–Crippen MR) is 87.5 cm³/mol. The minimum atomic E-state index is -1.13. The number of carboxylic acids is 1. The molecule has 21 heavy (non-hydrogen) atoms. The molecule has 1 aromatic rings. The van der Waals surface area contributed by atoms with Gasteiger partial charge in [-0.2, -0.15) is 0 Å². The molecule has 4 nitrogen and oxygen atoms in total. The van der Waals surface area contributed by atoms with Gasteiger partial charge >= 0.3 is 5.97 Å². The van der Waals surface area contributed by atoms with Crippen molar-refractivity contribution in [2.75, 3.05) is 6.61 Å². The molecule has 1 aliphatic carbocycles. The van der Waals surface area contributed by atoms with E-state index in [0.717, 1.165) is 0 Å². The van der Waals surface area contributed by atoms with E-state index in [-0.39, 0.29) is 26.4 Å². The molecule has 2 rings (SSSR count). The SMILES string of the molecule is CCC1(Br)C(=O)c2c(cc(OCC(=O)O)c(Cl)c2Cl)C1Br. The van der Waals surface area contributed by atoms with Crippen molar-refractivity contribution in [1.29, 1.82) is 0 Å². The lowest BCUT2D eigenvalue weighted by Gasteiger charge is -2.22. The van der Waals surface area contributed by atoms with Gasteiger partial charge in [0.2, 0.25) is 0 Å². The highest BCUT2D eigenvalue weighted by Crippen LogP contribution is 2.55. The molecule has 2 atom stereocenters. The van der Waals surface area contributed by atoms with Gasteiger partial charge in [-0.05, 0) is 18.1 Å². The van der Waals surface area contributed by atoms with Gasteiger partial charge in [-0.1, -0.05) is 62.0 Å². The molecule has 1 aromatic carbocycles. The summed E-state index contributed by atoms with van der Waals surface area (Å²) < 4.78 is 4.33. The Morgan fingerprint density at radius 3 is 2.62 bits per heavy atom. The Hall–Kier alpha value is -0.300. The Morgan fingerprint density at radius 1 is 1.48 bits per heavy atom. The smallest absolute Gasteiger partial charge is 0.341 e. The number of carbonyl (C=O) groups excluding carboxylic acids is 1. The fourth-order valence-electron chi connectivity index (χ4n) is 2.21. The molecule has 0 radical (unpaired) electrons. The van der Waals surface area contributed by atoms with Gasteiger partial charge in [0, 0.05) is 5.56 Å². The van der Waals surface area contributed by atoms with E-state index >= 15 is 0 Å². The molecule has 1 N–H and O–H groups in total. The number of carbonyl (C=O) groups is 2. The highest BCUT2D eigenvalue weighted by Gasteiger charge is 2.51. The van der Waals surface area contributed by atoms with Gasteiger partial charge in [0.1, 0.15) is 15.1 Å². The second-order valence-electron chi connectivity index (χ2n) is 4.56. The number of Topliss-reactive ketones (excluding diaryl/α,β-unsaturated/α-hetero) is 1. The topological polar surface area (TPSA) is 63.6 Å². The summed E-state index contributed by atoms with van der Waals surface area (Å²) in [5.41, 5.74) is 0.971. The van der Waals surface area contributed by atoms with Crippen LogP contribution in [0.2, 0.25) is 10.0 Å². The van der Waals surface area contributed by atoms with Crippen molar-refractivity contribution in [2.24, 2.45) is 0 Å². The van der Waals surface area contributed by atoms with E-state index in [9.17, 15) is 9.59 Å². The van der Waals surface area contributed by atoms with Crippen molar-refractivity contribution in [1.82, 2.24) is 0 Å². The molecule has 0 fully saturated rings. The monoisotopic (exact) mass is 458 g/mol. The number of aliphatic carboxylic acids is 1. The van der Waals surface area contributed by atoms with Gasteiger partial charge in [-0.25, -0.2) is 4.79 Å². The lowest BCUT2D eigenvalue weighted by Crippen LogP contribution is -2.28. The van der Waals surface area contributed by atoms with Crippen LogP contribution in [0.15, 0.2) is 6.07 Å². The fraction of sp³-hybridized carbons (Fsp3) is 0.385. The van der Waals surface area contributed by atoms with Gasteiger partial charge in [0.15, 0.2) is 12.4 Å². The van der Waals surface area contributed by atoms with Gasteiger partial charge in [-0.3, -0.25) is 4.79 Å². The van der Waals surface area contributed by atoms with E-state index in [1.807, 2.05) is 6.92 Å². The summed E-state index contributed by atoms with van der Waals surface area (Å²) in [5, 5.41) is 8.79. The van der Waals surface area contributed by atoms with Crippen LogP contribution in [0.25, 0.3) is 0 Å². The molecule has 2 unspecified atom stereocenters. The Labute approximate surface area is 148 Å². The first kappa shape index (κ1) is 17.1. The number of ether oxygens (including phenoxy) is 1. The number of hydrogen-bond acceptors (Lipinski definition) is 3. The van der Waals surface area contributed by atoms with Crippen molar-refractivity contribution >= 4 is 66.8 Å². The van der Waals surface area contributed by atoms with Gasteiger partial charge in [0.25, 0.3) is 0 Å². The summed E-state index contributed by atoms with van der Waals surface area (Å²) in [7, 11) is 0. The Kier molecular flexibility index (Phi) is 4.93. The number of carboxylic acid groups (broad SMARTS) is 1. The summed E-state index contributed by atoms with van der Waals surface area (Å²) in [6.45, 7) is 1.34. The number of fused-ring (bicyclic) bond motifs is 1. The van der Waals surface area contributed by atoms with E-state index in [1.54, 1.807) is 6.07 Å². The highest BCUT2D eigenvalue weighted by atomic mass is 79.9. The average molecular weight is 461 g/mol. The van der Waals surface area contributed by atoms with Crippen molar-refractivity contribution in [2.45, 2.75) is 22.5 Å². The molecule has 0 bridgehead atoms. The number of rotatable bonds is 4. The summed E-state index contributed by atoms with van der Waals surface area (Å²) in [6.07, 6.45) is 0.551. The molecular formula is C13H10Br2Cl2O4. The zero-order valence-corrected chi connectivity index (χ0v) is 15.4. The van der Waals surface area contributed by atoms with Crippen molar-refractivity contribution < 1.29 is 19.4 Å². The first-order valence-corrected chi connectivity index (χ1v) is 8.44. The number of benzene rings is 1.